The lowest BCUT2D eigenvalue weighted by Gasteiger charge is -1.97. The fourth-order valence-electron chi connectivity index (χ4n) is 0.640. The zero-order valence-corrected chi connectivity index (χ0v) is 6.62. The first-order valence-corrected chi connectivity index (χ1v) is 3.48. The van der Waals surface area contributed by atoms with E-state index in [9.17, 15) is 0 Å². The highest BCUT2D eigenvalue weighted by Crippen LogP contribution is 2.17. The summed E-state index contributed by atoms with van der Waals surface area (Å²) in [4.78, 5) is 0. The van der Waals surface area contributed by atoms with Gasteiger partial charge in [0, 0.05) is 5.56 Å². The van der Waals surface area contributed by atoms with Gasteiger partial charge in [0.1, 0.15) is 10.1 Å². The molecule has 0 unspecified atom stereocenters. The lowest BCUT2D eigenvalue weighted by Crippen LogP contribution is -1.85. The van der Waals surface area contributed by atoms with Gasteiger partial charge in [-0.1, -0.05) is 36.0 Å². The molecule has 0 spiro atoms. The number of phenols is 1. The molecule has 0 amide bonds. The van der Waals surface area contributed by atoms with Crippen LogP contribution in [-0.2, 0) is 0 Å². The van der Waals surface area contributed by atoms with Crippen LogP contribution < -0.4 is 0 Å². The summed E-state index contributed by atoms with van der Waals surface area (Å²) in [6.45, 7) is 0. The molecule has 1 aromatic carbocycles. The Morgan fingerprint density at radius 3 is 2.40 bits per heavy atom. The molecular formula is C7H5ClOS. The molecule has 1 N–H and O–H groups in total. The summed E-state index contributed by atoms with van der Waals surface area (Å²) in [5, 5.41) is 9.11. The maximum Gasteiger partial charge on any atom is 0.125 e. The van der Waals surface area contributed by atoms with E-state index in [1.54, 1.807) is 24.3 Å². The molecule has 10 heavy (non-hydrogen) atoms. The van der Waals surface area contributed by atoms with E-state index in [0.29, 0.717) is 5.56 Å². The third-order valence-electron chi connectivity index (χ3n) is 1.12. The first kappa shape index (κ1) is 7.51. The SMILES string of the molecule is Oc1ccccc1C(=S)Cl. The van der Waals surface area contributed by atoms with Gasteiger partial charge >= 0.3 is 0 Å². The van der Waals surface area contributed by atoms with Crippen molar-refractivity contribution in [3.63, 3.8) is 0 Å². The number of para-hydroxylation sites is 1. The lowest BCUT2D eigenvalue weighted by molar-refractivity contribution is 0.474. The van der Waals surface area contributed by atoms with Crippen LogP contribution in [0, 0.1) is 0 Å². The summed E-state index contributed by atoms with van der Waals surface area (Å²) < 4.78 is 0.193. The van der Waals surface area contributed by atoms with E-state index in [4.69, 9.17) is 16.7 Å². The second-order valence-corrected chi connectivity index (χ2v) is 2.80. The first-order chi connectivity index (χ1) is 4.72. The van der Waals surface area contributed by atoms with Gasteiger partial charge in [-0.15, -0.1) is 0 Å². The van der Waals surface area contributed by atoms with Gasteiger partial charge in [-0.05, 0) is 12.1 Å². The normalized spacial score (nSPS) is 9.30. The third kappa shape index (κ3) is 1.46. The van der Waals surface area contributed by atoms with Gasteiger partial charge in [0.25, 0.3) is 0 Å². The van der Waals surface area contributed by atoms with E-state index in [0.717, 1.165) is 0 Å². The fraction of sp³-hybridized carbons (Fsp3) is 0. The number of hydrogen-bond acceptors (Lipinski definition) is 2. The minimum Gasteiger partial charge on any atom is -0.507 e. The van der Waals surface area contributed by atoms with E-state index in [2.05, 4.69) is 12.2 Å². The highest BCUT2D eigenvalue weighted by atomic mass is 35.5. The van der Waals surface area contributed by atoms with Crippen molar-refractivity contribution in [2.75, 3.05) is 0 Å². The molecule has 0 heterocycles. The molecule has 0 aliphatic carbocycles. The van der Waals surface area contributed by atoms with E-state index in [1.807, 2.05) is 0 Å². The smallest absolute Gasteiger partial charge is 0.125 e. The van der Waals surface area contributed by atoms with Crippen LogP contribution in [0.1, 0.15) is 5.56 Å². The number of rotatable bonds is 1. The van der Waals surface area contributed by atoms with Gasteiger partial charge in [0.15, 0.2) is 0 Å². The van der Waals surface area contributed by atoms with E-state index >= 15 is 0 Å². The Labute approximate surface area is 69.3 Å². The average Bonchev–Trinajstić information content (AvgIpc) is 1.88. The Bertz CT molecular complexity index is 260. The Balaban J connectivity index is 3.15. The molecule has 1 aromatic rings. The van der Waals surface area contributed by atoms with Crippen molar-refractivity contribution >= 4 is 28.1 Å². The molecule has 52 valence electrons. The Hall–Kier alpha value is -0.600. The number of aromatic hydroxyl groups is 1. The molecule has 0 bridgehead atoms. The summed E-state index contributed by atoms with van der Waals surface area (Å²) in [7, 11) is 0. The topological polar surface area (TPSA) is 20.2 Å². The number of halogens is 1. The van der Waals surface area contributed by atoms with Crippen LogP contribution in [0.2, 0.25) is 0 Å². The van der Waals surface area contributed by atoms with Crippen molar-refractivity contribution in [1.82, 2.24) is 0 Å². The molecule has 0 atom stereocenters. The zero-order chi connectivity index (χ0) is 7.56. The maximum atomic E-state index is 9.11. The number of benzene rings is 1. The minimum atomic E-state index is 0.127. The van der Waals surface area contributed by atoms with Crippen molar-refractivity contribution in [3.8, 4) is 5.75 Å². The van der Waals surface area contributed by atoms with Crippen LogP contribution in [-0.4, -0.2) is 9.43 Å². The zero-order valence-electron chi connectivity index (χ0n) is 5.04. The standard InChI is InChI=1S/C7H5ClOS/c8-7(10)5-3-1-2-4-6(5)9/h1-4,9H. The average molecular weight is 173 g/mol. The second-order valence-electron chi connectivity index (χ2n) is 1.79. The summed E-state index contributed by atoms with van der Waals surface area (Å²) in [6.07, 6.45) is 0. The molecule has 0 aliphatic rings. The highest BCUT2D eigenvalue weighted by molar-refractivity contribution is 7.83. The molecule has 0 saturated carbocycles. The van der Waals surface area contributed by atoms with E-state index in [-0.39, 0.29) is 10.1 Å². The fourth-order valence-corrected chi connectivity index (χ4v) is 0.972. The lowest BCUT2D eigenvalue weighted by atomic mass is 10.2. The Morgan fingerprint density at radius 2 is 2.00 bits per heavy atom. The van der Waals surface area contributed by atoms with Crippen molar-refractivity contribution in [2.24, 2.45) is 0 Å². The van der Waals surface area contributed by atoms with Crippen LogP contribution in [0.4, 0.5) is 0 Å². The Morgan fingerprint density at radius 1 is 1.40 bits per heavy atom. The number of hydrogen-bond donors (Lipinski definition) is 1. The largest absolute Gasteiger partial charge is 0.507 e. The third-order valence-corrected chi connectivity index (χ3v) is 1.54. The van der Waals surface area contributed by atoms with Gasteiger partial charge in [-0.25, -0.2) is 0 Å². The first-order valence-electron chi connectivity index (χ1n) is 2.69. The number of phenolic OH excluding ortho intramolecular Hbond substituents is 1. The van der Waals surface area contributed by atoms with Crippen molar-refractivity contribution < 1.29 is 5.11 Å². The maximum absolute atomic E-state index is 9.11. The van der Waals surface area contributed by atoms with Crippen LogP contribution in [0.15, 0.2) is 24.3 Å². The molecule has 0 aromatic heterocycles. The second kappa shape index (κ2) is 2.99. The summed E-state index contributed by atoms with van der Waals surface area (Å²) in [5.41, 5.74) is 0.513. The Kier molecular flexibility index (Phi) is 2.25. The predicted octanol–water partition coefficient (Wildman–Crippen LogP) is 2.31. The van der Waals surface area contributed by atoms with Crippen LogP contribution in [0.25, 0.3) is 0 Å². The monoisotopic (exact) mass is 172 g/mol. The molecule has 3 heteroatoms. The minimum absolute atomic E-state index is 0.127. The predicted molar refractivity (Wildman–Crippen MR) is 45.7 cm³/mol. The quantitative estimate of drug-likeness (QED) is 0.518. The molecule has 0 fully saturated rings. The molecule has 0 saturated heterocycles. The van der Waals surface area contributed by atoms with Crippen molar-refractivity contribution in [1.29, 1.82) is 0 Å². The van der Waals surface area contributed by atoms with Crippen molar-refractivity contribution in [3.05, 3.63) is 29.8 Å². The summed E-state index contributed by atoms with van der Waals surface area (Å²) in [5.74, 6) is 0.127. The molecular weight excluding hydrogens is 168 g/mol. The van der Waals surface area contributed by atoms with Gasteiger partial charge in [0.05, 0.1) is 0 Å². The van der Waals surface area contributed by atoms with Crippen LogP contribution in [0.5, 0.6) is 5.75 Å². The molecule has 0 radical (unpaired) electrons. The molecule has 1 nitrogen and oxygen atoms in total. The van der Waals surface area contributed by atoms with Gasteiger partial charge in [-0.2, -0.15) is 0 Å². The van der Waals surface area contributed by atoms with Gasteiger partial charge < -0.3 is 5.11 Å². The summed E-state index contributed by atoms with van der Waals surface area (Å²) in [6, 6.07) is 6.70. The molecule has 0 aliphatic heterocycles. The van der Waals surface area contributed by atoms with Crippen LogP contribution >= 0.6 is 23.8 Å². The molecule has 1 rings (SSSR count). The van der Waals surface area contributed by atoms with Crippen LogP contribution in [0.3, 0.4) is 0 Å². The number of thiocarbonyl (C=S) groups is 1. The van der Waals surface area contributed by atoms with E-state index in [1.165, 1.54) is 0 Å². The van der Waals surface area contributed by atoms with Gasteiger partial charge in [-0.3, -0.25) is 0 Å². The van der Waals surface area contributed by atoms with Crippen molar-refractivity contribution in [2.45, 2.75) is 0 Å². The highest BCUT2D eigenvalue weighted by Gasteiger charge is 2.00. The van der Waals surface area contributed by atoms with Gasteiger partial charge in [0.2, 0.25) is 0 Å². The summed E-state index contributed by atoms with van der Waals surface area (Å²) >= 11 is 10.1. The van der Waals surface area contributed by atoms with E-state index < -0.39 is 0 Å².